The van der Waals surface area contributed by atoms with Crippen LogP contribution in [-0.2, 0) is 11.2 Å². The number of aliphatic imine (C=N–C) groups is 1. The average molecular weight is 449 g/mol. The Bertz CT molecular complexity index is 896. The molecule has 0 saturated heterocycles. The van der Waals surface area contributed by atoms with Crippen molar-refractivity contribution in [3.05, 3.63) is 53.1 Å². The van der Waals surface area contributed by atoms with E-state index in [2.05, 4.69) is 11.6 Å². The fourth-order valence-corrected chi connectivity index (χ4v) is 3.44. The van der Waals surface area contributed by atoms with E-state index in [1.54, 1.807) is 6.07 Å². The van der Waals surface area contributed by atoms with Crippen molar-refractivity contribution in [1.82, 2.24) is 0 Å². The van der Waals surface area contributed by atoms with E-state index in [1.807, 2.05) is 6.92 Å². The van der Waals surface area contributed by atoms with Gasteiger partial charge in [0.25, 0.3) is 0 Å². The lowest BCUT2D eigenvalue weighted by Crippen LogP contribution is -2.52. The fraction of sp³-hybridized carbons (Fsp3) is 0.455. The van der Waals surface area contributed by atoms with Gasteiger partial charge in [0.1, 0.15) is 5.71 Å². The topological polar surface area (TPSA) is 38.7 Å². The highest BCUT2D eigenvalue weighted by Crippen LogP contribution is 2.47. The predicted octanol–water partition coefficient (Wildman–Crippen LogP) is 6.38. The molecule has 0 spiro atoms. The minimum Gasteiger partial charge on any atom is -0.364 e. The van der Waals surface area contributed by atoms with Gasteiger partial charge in [0.15, 0.2) is 11.4 Å². The number of methoxy groups -OCH3 is 1. The van der Waals surface area contributed by atoms with Crippen molar-refractivity contribution < 1.29 is 35.9 Å². The van der Waals surface area contributed by atoms with Crippen LogP contribution in [-0.4, -0.2) is 43.6 Å². The van der Waals surface area contributed by atoms with Crippen LogP contribution >= 0.6 is 0 Å². The molecule has 1 aromatic rings. The summed E-state index contributed by atoms with van der Waals surface area (Å²) >= 11 is 0. The molecule has 1 aromatic carbocycles. The van der Waals surface area contributed by atoms with E-state index in [-0.39, 0.29) is 16.9 Å². The fourth-order valence-electron chi connectivity index (χ4n) is 3.44. The second kappa shape index (κ2) is 9.80. The van der Waals surface area contributed by atoms with E-state index in [0.29, 0.717) is 30.7 Å². The standard InChI is InChI=1S/C22H25F6NO2/c1-7-15-9-10-16(11-17(15)14(4)30)13(3)12-20(31-6,22(26,27)28)18(8-2)19(29-5)21(23,24)25/h8-11H,3,7,12H2,1-2,4-6H3/b18-8+,29-19+. The minimum absolute atomic E-state index is 0.138. The van der Waals surface area contributed by atoms with Gasteiger partial charge in [0, 0.05) is 31.7 Å². The van der Waals surface area contributed by atoms with Gasteiger partial charge in [-0.2, -0.15) is 26.3 Å². The molecule has 0 amide bonds. The summed E-state index contributed by atoms with van der Waals surface area (Å²) < 4.78 is 87.7. The molecule has 0 fully saturated rings. The molecule has 0 aromatic heterocycles. The first-order valence-electron chi connectivity index (χ1n) is 9.35. The molecular formula is C22H25F6NO2. The van der Waals surface area contributed by atoms with Gasteiger partial charge in [0.05, 0.1) is 0 Å². The Hall–Kier alpha value is -2.42. The Kier molecular flexibility index (Phi) is 8.42. The van der Waals surface area contributed by atoms with Gasteiger partial charge in [-0.1, -0.05) is 31.7 Å². The van der Waals surface area contributed by atoms with Crippen molar-refractivity contribution >= 4 is 17.1 Å². The lowest BCUT2D eigenvalue weighted by Gasteiger charge is -2.38. The third-order valence-corrected chi connectivity index (χ3v) is 5.02. The molecule has 31 heavy (non-hydrogen) atoms. The first-order valence-corrected chi connectivity index (χ1v) is 9.35. The molecule has 1 rings (SSSR count). The number of benzene rings is 1. The van der Waals surface area contributed by atoms with E-state index in [0.717, 1.165) is 14.0 Å². The van der Waals surface area contributed by atoms with Crippen molar-refractivity contribution in [1.29, 1.82) is 0 Å². The Morgan fingerprint density at radius 2 is 1.77 bits per heavy atom. The van der Waals surface area contributed by atoms with Gasteiger partial charge in [-0.05, 0) is 43.0 Å². The van der Waals surface area contributed by atoms with Gasteiger partial charge < -0.3 is 4.74 Å². The summed E-state index contributed by atoms with van der Waals surface area (Å²) in [5, 5.41) is 0. The number of carbonyl (C=O) groups excluding carboxylic acids is 1. The summed E-state index contributed by atoms with van der Waals surface area (Å²) in [5.41, 5.74) is -5.11. The number of Topliss-reactive ketones (excluding diaryl/α,β-unsaturated/α-hetero) is 1. The van der Waals surface area contributed by atoms with Crippen molar-refractivity contribution in [3.63, 3.8) is 0 Å². The Balaban J connectivity index is 3.64. The number of rotatable bonds is 8. The molecule has 1 unspecified atom stereocenters. The molecule has 0 heterocycles. The number of hydrogen-bond acceptors (Lipinski definition) is 3. The van der Waals surface area contributed by atoms with Gasteiger partial charge in [-0.25, -0.2) is 0 Å². The lowest BCUT2D eigenvalue weighted by atomic mass is 9.81. The summed E-state index contributed by atoms with van der Waals surface area (Å²) in [7, 11) is 1.45. The number of halogens is 6. The number of allylic oxidation sites excluding steroid dienone is 1. The summed E-state index contributed by atoms with van der Waals surface area (Å²) in [6.07, 6.45) is -10.2. The highest BCUT2D eigenvalue weighted by atomic mass is 19.4. The molecule has 0 radical (unpaired) electrons. The molecular weight excluding hydrogens is 424 g/mol. The van der Waals surface area contributed by atoms with Crippen molar-refractivity contribution in [3.8, 4) is 0 Å². The number of ketones is 1. The molecule has 0 saturated carbocycles. The first-order chi connectivity index (χ1) is 14.2. The molecule has 0 bridgehead atoms. The Morgan fingerprint density at radius 1 is 1.19 bits per heavy atom. The summed E-state index contributed by atoms with van der Waals surface area (Å²) in [6, 6.07) is 4.47. The van der Waals surface area contributed by atoms with Crippen LogP contribution in [0.5, 0.6) is 0 Å². The molecule has 3 nitrogen and oxygen atoms in total. The highest BCUT2D eigenvalue weighted by molar-refractivity contribution is 6.06. The SMILES string of the molecule is C=C(CC(OC)(C(=C/C)/C(=N\C)C(F)(F)F)C(F)(F)F)c1ccc(CC)c(C(C)=O)c1. The monoisotopic (exact) mass is 449 g/mol. The van der Waals surface area contributed by atoms with Crippen LogP contribution in [0, 0.1) is 0 Å². The summed E-state index contributed by atoms with van der Waals surface area (Å²) in [5.74, 6) is -0.285. The highest BCUT2D eigenvalue weighted by Gasteiger charge is 2.61. The Morgan fingerprint density at radius 3 is 2.13 bits per heavy atom. The van der Waals surface area contributed by atoms with Gasteiger partial charge in [-0.15, -0.1) is 0 Å². The van der Waals surface area contributed by atoms with Gasteiger partial charge in [-0.3, -0.25) is 9.79 Å². The third kappa shape index (κ3) is 5.44. The molecule has 0 aliphatic heterocycles. The van der Waals surface area contributed by atoms with Crippen LogP contribution in [0.25, 0.3) is 5.57 Å². The molecule has 9 heteroatoms. The summed E-state index contributed by atoms with van der Waals surface area (Å²) in [4.78, 5) is 15.0. The maximum atomic E-state index is 14.2. The van der Waals surface area contributed by atoms with E-state index < -0.39 is 35.7 Å². The minimum atomic E-state index is -5.22. The zero-order valence-electron chi connectivity index (χ0n) is 18.0. The molecule has 0 N–H and O–H groups in total. The van der Waals surface area contributed by atoms with Crippen LogP contribution < -0.4 is 0 Å². The lowest BCUT2D eigenvalue weighted by molar-refractivity contribution is -0.250. The van der Waals surface area contributed by atoms with Crippen LogP contribution in [0.15, 0.2) is 41.4 Å². The van der Waals surface area contributed by atoms with Gasteiger partial charge in [0.2, 0.25) is 0 Å². The predicted molar refractivity (Wildman–Crippen MR) is 108 cm³/mol. The van der Waals surface area contributed by atoms with Crippen molar-refractivity contribution in [2.24, 2.45) is 4.99 Å². The molecule has 172 valence electrons. The quantitative estimate of drug-likeness (QED) is 0.262. The van der Waals surface area contributed by atoms with E-state index in [9.17, 15) is 31.1 Å². The van der Waals surface area contributed by atoms with Crippen LogP contribution in [0.2, 0.25) is 0 Å². The summed E-state index contributed by atoms with van der Waals surface area (Å²) in [6.45, 7) is 7.84. The van der Waals surface area contributed by atoms with E-state index in [4.69, 9.17) is 4.74 Å². The van der Waals surface area contributed by atoms with E-state index >= 15 is 0 Å². The number of aryl methyl sites for hydroxylation is 1. The number of alkyl halides is 6. The first kappa shape index (κ1) is 26.6. The molecule has 1 atom stereocenters. The zero-order chi connectivity index (χ0) is 24.2. The van der Waals surface area contributed by atoms with Crippen LogP contribution in [0.1, 0.15) is 48.7 Å². The largest absolute Gasteiger partial charge is 0.433 e. The molecule has 0 aliphatic rings. The zero-order valence-corrected chi connectivity index (χ0v) is 18.0. The number of carbonyl (C=O) groups is 1. The molecule has 0 aliphatic carbocycles. The third-order valence-electron chi connectivity index (χ3n) is 5.02. The van der Waals surface area contributed by atoms with Gasteiger partial charge >= 0.3 is 12.4 Å². The smallest absolute Gasteiger partial charge is 0.364 e. The Labute approximate surface area is 177 Å². The van der Waals surface area contributed by atoms with Crippen molar-refractivity contribution in [2.75, 3.05) is 14.2 Å². The normalized spacial score (nSPS) is 15.6. The number of hydrogen-bond donors (Lipinski definition) is 0. The maximum absolute atomic E-state index is 14.2. The maximum Gasteiger partial charge on any atom is 0.433 e. The number of nitrogens with zero attached hydrogens (tertiary/aromatic N) is 1. The van der Waals surface area contributed by atoms with Crippen LogP contribution in [0.4, 0.5) is 26.3 Å². The van der Waals surface area contributed by atoms with E-state index in [1.165, 1.54) is 19.1 Å². The van der Waals surface area contributed by atoms with Crippen LogP contribution in [0.3, 0.4) is 0 Å². The number of ether oxygens (including phenoxy) is 1. The second-order valence-electron chi connectivity index (χ2n) is 6.86. The second-order valence-corrected chi connectivity index (χ2v) is 6.86. The average Bonchev–Trinajstić information content (AvgIpc) is 2.67. The van der Waals surface area contributed by atoms with Crippen molar-refractivity contribution in [2.45, 2.75) is 51.6 Å².